The third kappa shape index (κ3) is 6.90. The Balaban J connectivity index is 0.000000463. The molecule has 0 heterocycles. The van der Waals surface area contributed by atoms with E-state index in [9.17, 15) is 14.4 Å². The second kappa shape index (κ2) is 9.73. The summed E-state index contributed by atoms with van der Waals surface area (Å²) in [5.41, 5.74) is 0.636. The number of amides is 1. The SMILES string of the molecule is CN(C)C=O.O=C(OOC(=O)c1ccccc1)c1ccccc1. The van der Waals surface area contributed by atoms with Crippen LogP contribution < -0.4 is 0 Å². The highest BCUT2D eigenvalue weighted by Crippen LogP contribution is 2.05. The molecule has 2 rings (SSSR count). The van der Waals surface area contributed by atoms with Gasteiger partial charge in [-0.15, -0.1) is 0 Å². The first-order valence-electron chi connectivity index (χ1n) is 6.69. The summed E-state index contributed by atoms with van der Waals surface area (Å²) < 4.78 is 0. The van der Waals surface area contributed by atoms with E-state index in [4.69, 9.17) is 0 Å². The fourth-order valence-electron chi connectivity index (χ4n) is 1.32. The topological polar surface area (TPSA) is 72.9 Å². The van der Waals surface area contributed by atoms with E-state index in [1.54, 1.807) is 74.8 Å². The number of hydrogen-bond acceptors (Lipinski definition) is 5. The van der Waals surface area contributed by atoms with Crippen LogP contribution >= 0.6 is 0 Å². The lowest BCUT2D eigenvalue weighted by Gasteiger charge is -2.02. The van der Waals surface area contributed by atoms with Gasteiger partial charge in [0.1, 0.15) is 0 Å². The second-order valence-electron chi connectivity index (χ2n) is 4.54. The number of benzene rings is 2. The monoisotopic (exact) mass is 315 g/mol. The van der Waals surface area contributed by atoms with E-state index in [1.807, 2.05) is 0 Å². The summed E-state index contributed by atoms with van der Waals surface area (Å²) in [6.45, 7) is 0. The lowest BCUT2D eigenvalue weighted by Crippen LogP contribution is -2.11. The zero-order chi connectivity index (χ0) is 17.1. The van der Waals surface area contributed by atoms with Crippen LogP contribution in [-0.2, 0) is 14.6 Å². The number of nitrogens with zero attached hydrogens (tertiary/aromatic N) is 1. The third-order valence-corrected chi connectivity index (χ3v) is 2.42. The average molecular weight is 315 g/mol. The summed E-state index contributed by atoms with van der Waals surface area (Å²) in [5.74, 6) is -1.42. The first-order chi connectivity index (χ1) is 11.0. The maximum absolute atomic E-state index is 11.5. The van der Waals surface area contributed by atoms with Gasteiger partial charge in [0.2, 0.25) is 6.41 Å². The third-order valence-electron chi connectivity index (χ3n) is 2.42. The van der Waals surface area contributed by atoms with Gasteiger partial charge in [-0.25, -0.2) is 19.4 Å². The lowest BCUT2D eigenvalue weighted by molar-refractivity contribution is -0.187. The van der Waals surface area contributed by atoms with Crippen LogP contribution in [0.1, 0.15) is 20.7 Å². The molecule has 0 aliphatic rings. The minimum atomic E-state index is -0.708. The number of hydrogen-bond donors (Lipinski definition) is 0. The molecular formula is C17H17NO5. The Morgan fingerprint density at radius 3 is 1.35 bits per heavy atom. The maximum atomic E-state index is 11.5. The molecule has 23 heavy (non-hydrogen) atoms. The lowest BCUT2D eigenvalue weighted by atomic mass is 10.2. The van der Waals surface area contributed by atoms with Crippen molar-refractivity contribution in [3.63, 3.8) is 0 Å². The standard InChI is InChI=1S/C14H10O4.C3H7NO/c15-13(11-7-3-1-4-8-11)17-18-14(16)12-9-5-2-6-10-12;1-4(2)3-5/h1-10H;3H,1-2H3. The second-order valence-corrected chi connectivity index (χ2v) is 4.54. The minimum Gasteiger partial charge on any atom is -0.351 e. The van der Waals surface area contributed by atoms with Crippen LogP contribution in [0.25, 0.3) is 0 Å². The fourth-order valence-corrected chi connectivity index (χ4v) is 1.32. The molecule has 6 heteroatoms. The Hall–Kier alpha value is -3.15. The van der Waals surface area contributed by atoms with Crippen LogP contribution in [0, 0.1) is 0 Å². The normalized spacial score (nSPS) is 8.96. The fraction of sp³-hybridized carbons (Fsp3) is 0.118. The first-order valence-corrected chi connectivity index (χ1v) is 6.69. The molecule has 0 aliphatic carbocycles. The van der Waals surface area contributed by atoms with Crippen molar-refractivity contribution in [3.8, 4) is 0 Å². The first kappa shape index (κ1) is 17.9. The van der Waals surface area contributed by atoms with Gasteiger partial charge in [0.25, 0.3) is 0 Å². The average Bonchev–Trinajstić information content (AvgIpc) is 2.61. The molecule has 0 unspecified atom stereocenters. The van der Waals surface area contributed by atoms with Gasteiger partial charge in [-0.1, -0.05) is 36.4 Å². The van der Waals surface area contributed by atoms with Crippen molar-refractivity contribution in [1.29, 1.82) is 0 Å². The van der Waals surface area contributed by atoms with E-state index in [1.165, 1.54) is 4.90 Å². The summed E-state index contributed by atoms with van der Waals surface area (Å²) in [6, 6.07) is 16.6. The molecule has 0 aromatic heterocycles. The van der Waals surface area contributed by atoms with Crippen LogP contribution in [0.15, 0.2) is 60.7 Å². The Kier molecular flexibility index (Phi) is 7.57. The predicted octanol–water partition coefficient (Wildman–Crippen LogP) is 2.32. The van der Waals surface area contributed by atoms with E-state index in [-0.39, 0.29) is 0 Å². The van der Waals surface area contributed by atoms with Crippen molar-refractivity contribution in [1.82, 2.24) is 4.90 Å². The van der Waals surface area contributed by atoms with E-state index < -0.39 is 11.9 Å². The molecule has 6 nitrogen and oxygen atoms in total. The summed E-state index contributed by atoms with van der Waals surface area (Å²) >= 11 is 0. The molecule has 120 valence electrons. The van der Waals surface area contributed by atoms with Gasteiger partial charge in [0.15, 0.2) is 0 Å². The van der Waals surface area contributed by atoms with E-state index in [0.29, 0.717) is 11.1 Å². The van der Waals surface area contributed by atoms with Gasteiger partial charge in [0, 0.05) is 14.1 Å². The quantitative estimate of drug-likeness (QED) is 0.494. The predicted molar refractivity (Wildman–Crippen MR) is 83.5 cm³/mol. The molecule has 0 aliphatic heterocycles. The molecule has 2 aromatic rings. The summed E-state index contributed by atoms with van der Waals surface area (Å²) in [4.78, 5) is 42.7. The Morgan fingerprint density at radius 1 is 0.783 bits per heavy atom. The smallest absolute Gasteiger partial charge is 0.351 e. The molecule has 0 fully saturated rings. The van der Waals surface area contributed by atoms with Gasteiger partial charge < -0.3 is 4.90 Å². The minimum absolute atomic E-state index is 0.318. The molecule has 2 aromatic carbocycles. The van der Waals surface area contributed by atoms with Gasteiger partial charge in [-0.2, -0.15) is 0 Å². The summed E-state index contributed by atoms with van der Waals surface area (Å²) in [7, 11) is 3.38. The highest BCUT2D eigenvalue weighted by atomic mass is 17.2. The Morgan fingerprint density at radius 2 is 1.09 bits per heavy atom. The molecule has 0 spiro atoms. The number of carbonyl (C=O) groups excluding carboxylic acids is 3. The largest absolute Gasteiger partial charge is 0.386 e. The van der Waals surface area contributed by atoms with Crippen LogP contribution in [0.2, 0.25) is 0 Å². The van der Waals surface area contributed by atoms with E-state index in [2.05, 4.69) is 9.78 Å². The van der Waals surface area contributed by atoms with Crippen LogP contribution in [0.3, 0.4) is 0 Å². The van der Waals surface area contributed by atoms with Gasteiger partial charge >= 0.3 is 11.9 Å². The van der Waals surface area contributed by atoms with Crippen LogP contribution in [0.5, 0.6) is 0 Å². The van der Waals surface area contributed by atoms with Crippen LogP contribution in [-0.4, -0.2) is 37.3 Å². The zero-order valence-electron chi connectivity index (χ0n) is 12.8. The Labute approximate surface area is 134 Å². The summed E-state index contributed by atoms with van der Waals surface area (Å²) in [6.07, 6.45) is 0.750. The van der Waals surface area contributed by atoms with Gasteiger partial charge in [0.05, 0.1) is 11.1 Å². The molecule has 0 bridgehead atoms. The van der Waals surface area contributed by atoms with Crippen molar-refractivity contribution >= 4 is 18.3 Å². The van der Waals surface area contributed by atoms with Crippen molar-refractivity contribution in [3.05, 3.63) is 71.8 Å². The molecule has 1 amide bonds. The zero-order valence-corrected chi connectivity index (χ0v) is 12.8. The van der Waals surface area contributed by atoms with Crippen molar-refractivity contribution in [2.75, 3.05) is 14.1 Å². The molecule has 0 atom stereocenters. The van der Waals surface area contributed by atoms with Crippen LogP contribution in [0.4, 0.5) is 0 Å². The Bertz CT molecular complexity index is 574. The number of rotatable bonds is 3. The molecule has 0 radical (unpaired) electrons. The van der Waals surface area contributed by atoms with Gasteiger partial charge in [-0.05, 0) is 24.3 Å². The van der Waals surface area contributed by atoms with Crippen molar-refractivity contribution < 1.29 is 24.2 Å². The highest BCUT2D eigenvalue weighted by Gasteiger charge is 2.12. The highest BCUT2D eigenvalue weighted by molar-refractivity contribution is 5.92. The van der Waals surface area contributed by atoms with E-state index >= 15 is 0 Å². The molecular weight excluding hydrogens is 298 g/mol. The molecule has 0 saturated carbocycles. The molecule has 0 N–H and O–H groups in total. The van der Waals surface area contributed by atoms with Crippen molar-refractivity contribution in [2.45, 2.75) is 0 Å². The maximum Gasteiger partial charge on any atom is 0.386 e. The number of carbonyl (C=O) groups is 3. The summed E-state index contributed by atoms with van der Waals surface area (Å²) in [5, 5.41) is 0. The molecule has 0 saturated heterocycles. The van der Waals surface area contributed by atoms with Crippen molar-refractivity contribution in [2.24, 2.45) is 0 Å². The van der Waals surface area contributed by atoms with E-state index in [0.717, 1.165) is 6.41 Å². The van der Waals surface area contributed by atoms with Gasteiger partial charge in [-0.3, -0.25) is 4.79 Å².